The highest BCUT2D eigenvalue weighted by Crippen LogP contribution is 2.25. The average molecular weight is 356 g/mol. The summed E-state index contributed by atoms with van der Waals surface area (Å²) in [6.07, 6.45) is 2.43. The average Bonchev–Trinajstić information content (AvgIpc) is 2.68. The first-order chi connectivity index (χ1) is 12.6. The molecule has 0 aliphatic carbocycles. The van der Waals surface area contributed by atoms with Crippen LogP contribution in [0.15, 0.2) is 48.7 Å². The van der Waals surface area contributed by atoms with E-state index in [0.717, 1.165) is 25.1 Å². The molecule has 0 fully saturated rings. The molecule has 1 N–H and O–H groups in total. The number of nitrogens with one attached hydrogen (secondary N) is 1. The van der Waals surface area contributed by atoms with Crippen LogP contribution < -0.4 is 10.2 Å². The third kappa shape index (κ3) is 3.08. The van der Waals surface area contributed by atoms with E-state index in [2.05, 4.69) is 27.4 Å². The van der Waals surface area contributed by atoms with Gasteiger partial charge in [0, 0.05) is 19.3 Å². The highest BCUT2D eigenvalue weighted by Gasteiger charge is 2.19. The van der Waals surface area contributed by atoms with Crippen LogP contribution in [0.3, 0.4) is 0 Å². The number of aromatic nitrogens is 2. The highest BCUT2D eigenvalue weighted by molar-refractivity contribution is 5.58. The summed E-state index contributed by atoms with van der Waals surface area (Å²) < 4.78 is 40.3. The molecule has 0 spiro atoms. The molecule has 132 valence electrons. The number of anilines is 3. The maximum absolute atomic E-state index is 13.8. The first-order valence-electron chi connectivity index (χ1n) is 8.17. The third-order valence-electron chi connectivity index (χ3n) is 4.35. The molecule has 4 rings (SSSR count). The number of hydrogen-bond donors (Lipinski definition) is 1. The first kappa shape index (κ1) is 16.4. The van der Waals surface area contributed by atoms with Crippen molar-refractivity contribution in [3.05, 3.63) is 77.2 Å². The van der Waals surface area contributed by atoms with Gasteiger partial charge in [0.2, 0.25) is 5.95 Å². The second-order valence-corrected chi connectivity index (χ2v) is 6.03. The summed E-state index contributed by atoms with van der Waals surface area (Å²) in [6, 6.07) is 11.7. The van der Waals surface area contributed by atoms with Crippen molar-refractivity contribution in [1.29, 1.82) is 0 Å². The molecule has 3 aromatic rings. The fourth-order valence-corrected chi connectivity index (χ4v) is 3.00. The predicted molar refractivity (Wildman–Crippen MR) is 92.8 cm³/mol. The Bertz CT molecular complexity index is 961. The number of benzene rings is 2. The summed E-state index contributed by atoms with van der Waals surface area (Å²) in [6.45, 7) is 1.44. The quantitative estimate of drug-likeness (QED) is 0.714. The molecule has 0 amide bonds. The lowest BCUT2D eigenvalue weighted by molar-refractivity contribution is 0.449. The van der Waals surface area contributed by atoms with Gasteiger partial charge in [-0.15, -0.1) is 0 Å². The number of halogens is 3. The molecule has 0 saturated carbocycles. The van der Waals surface area contributed by atoms with Crippen LogP contribution in [0.2, 0.25) is 0 Å². The number of nitrogens with zero attached hydrogens (tertiary/aromatic N) is 3. The molecule has 7 heteroatoms. The van der Waals surface area contributed by atoms with E-state index in [9.17, 15) is 13.2 Å². The lowest BCUT2D eigenvalue weighted by Crippen LogP contribution is -2.31. The van der Waals surface area contributed by atoms with Crippen LogP contribution in [0.4, 0.5) is 30.6 Å². The highest BCUT2D eigenvalue weighted by atomic mass is 19.2. The minimum atomic E-state index is -1.52. The minimum Gasteiger partial charge on any atom is -0.338 e. The molecule has 0 radical (unpaired) electrons. The van der Waals surface area contributed by atoms with Crippen molar-refractivity contribution in [1.82, 2.24) is 9.97 Å². The fraction of sp³-hybridized carbons (Fsp3) is 0.158. The third-order valence-corrected chi connectivity index (χ3v) is 4.35. The zero-order chi connectivity index (χ0) is 18.1. The normalized spacial score (nSPS) is 13.4. The van der Waals surface area contributed by atoms with Crippen LogP contribution in [-0.2, 0) is 13.0 Å². The molecule has 2 heterocycles. The molecular formula is C19H15F3N4. The van der Waals surface area contributed by atoms with Gasteiger partial charge in [-0.1, -0.05) is 24.3 Å². The van der Waals surface area contributed by atoms with Gasteiger partial charge in [0.15, 0.2) is 17.5 Å². The van der Waals surface area contributed by atoms with Gasteiger partial charge in [0.05, 0.1) is 5.69 Å². The molecule has 0 saturated heterocycles. The summed E-state index contributed by atoms with van der Waals surface area (Å²) in [5.74, 6) is -3.23. The van der Waals surface area contributed by atoms with E-state index in [0.29, 0.717) is 18.3 Å². The van der Waals surface area contributed by atoms with E-state index in [1.807, 2.05) is 17.0 Å². The Labute approximate surface area is 148 Å². The van der Waals surface area contributed by atoms with Crippen molar-refractivity contribution in [3.8, 4) is 0 Å². The molecular weight excluding hydrogens is 341 g/mol. The molecule has 1 aliphatic heterocycles. The van der Waals surface area contributed by atoms with E-state index in [1.165, 1.54) is 11.1 Å². The van der Waals surface area contributed by atoms with Crippen LogP contribution in [0.25, 0.3) is 0 Å². The summed E-state index contributed by atoms with van der Waals surface area (Å²) in [7, 11) is 0. The van der Waals surface area contributed by atoms with Crippen molar-refractivity contribution in [3.63, 3.8) is 0 Å². The summed E-state index contributed by atoms with van der Waals surface area (Å²) in [5, 5.41) is 2.68. The first-order valence-corrected chi connectivity index (χ1v) is 8.17. The van der Waals surface area contributed by atoms with Gasteiger partial charge in [-0.25, -0.2) is 18.2 Å². The SMILES string of the molecule is Fc1ccc(Nc2ccnc(N3CCc4ccccc4C3)n2)c(F)c1F. The van der Waals surface area contributed by atoms with Crippen LogP contribution >= 0.6 is 0 Å². The predicted octanol–water partition coefficient (Wildman–Crippen LogP) is 4.20. The van der Waals surface area contributed by atoms with Crippen LogP contribution in [-0.4, -0.2) is 16.5 Å². The van der Waals surface area contributed by atoms with Gasteiger partial charge in [-0.3, -0.25) is 0 Å². The van der Waals surface area contributed by atoms with E-state index < -0.39 is 17.5 Å². The van der Waals surface area contributed by atoms with Gasteiger partial charge >= 0.3 is 0 Å². The maximum atomic E-state index is 13.8. The summed E-state index contributed by atoms with van der Waals surface area (Å²) in [4.78, 5) is 10.7. The van der Waals surface area contributed by atoms with Gasteiger partial charge in [0.1, 0.15) is 5.82 Å². The summed E-state index contributed by atoms with van der Waals surface area (Å²) >= 11 is 0. The zero-order valence-corrected chi connectivity index (χ0v) is 13.7. The number of hydrogen-bond acceptors (Lipinski definition) is 4. The number of fused-ring (bicyclic) bond motifs is 1. The fourth-order valence-electron chi connectivity index (χ4n) is 3.00. The Kier molecular flexibility index (Phi) is 4.20. The Balaban J connectivity index is 1.57. The van der Waals surface area contributed by atoms with Gasteiger partial charge in [0.25, 0.3) is 0 Å². The van der Waals surface area contributed by atoms with Crippen molar-refractivity contribution < 1.29 is 13.2 Å². The Morgan fingerprint density at radius 3 is 2.58 bits per heavy atom. The standard InChI is InChI=1S/C19H15F3N4/c20-14-5-6-15(18(22)17(14)21)24-16-7-9-23-19(25-16)26-10-8-12-3-1-2-4-13(12)11-26/h1-7,9H,8,10-11H2,(H,23,24,25). The molecule has 4 nitrogen and oxygen atoms in total. The van der Waals surface area contributed by atoms with Crippen molar-refractivity contribution in [2.45, 2.75) is 13.0 Å². The largest absolute Gasteiger partial charge is 0.338 e. The summed E-state index contributed by atoms with van der Waals surface area (Å²) in [5.41, 5.74) is 2.34. The van der Waals surface area contributed by atoms with Crippen molar-refractivity contribution >= 4 is 17.5 Å². The minimum absolute atomic E-state index is 0.183. The van der Waals surface area contributed by atoms with Gasteiger partial charge in [-0.2, -0.15) is 4.98 Å². The topological polar surface area (TPSA) is 41.1 Å². The lowest BCUT2D eigenvalue weighted by atomic mass is 10.0. The maximum Gasteiger partial charge on any atom is 0.227 e. The Morgan fingerprint density at radius 2 is 1.73 bits per heavy atom. The van der Waals surface area contributed by atoms with Crippen LogP contribution in [0, 0.1) is 17.5 Å². The van der Waals surface area contributed by atoms with Crippen LogP contribution in [0.5, 0.6) is 0 Å². The zero-order valence-electron chi connectivity index (χ0n) is 13.7. The molecule has 1 aliphatic rings. The van der Waals surface area contributed by atoms with Crippen LogP contribution in [0.1, 0.15) is 11.1 Å². The smallest absolute Gasteiger partial charge is 0.227 e. The van der Waals surface area contributed by atoms with Gasteiger partial charge < -0.3 is 10.2 Å². The second-order valence-electron chi connectivity index (χ2n) is 6.03. The van der Waals surface area contributed by atoms with E-state index in [-0.39, 0.29) is 5.69 Å². The van der Waals surface area contributed by atoms with E-state index >= 15 is 0 Å². The van der Waals surface area contributed by atoms with Crippen molar-refractivity contribution in [2.75, 3.05) is 16.8 Å². The van der Waals surface area contributed by atoms with E-state index in [1.54, 1.807) is 12.3 Å². The second kappa shape index (κ2) is 6.67. The van der Waals surface area contributed by atoms with Crippen molar-refractivity contribution in [2.24, 2.45) is 0 Å². The lowest BCUT2D eigenvalue weighted by Gasteiger charge is -2.28. The molecule has 26 heavy (non-hydrogen) atoms. The molecule has 0 bridgehead atoms. The molecule has 2 aromatic carbocycles. The molecule has 0 atom stereocenters. The number of rotatable bonds is 3. The van der Waals surface area contributed by atoms with E-state index in [4.69, 9.17) is 0 Å². The Hall–Kier alpha value is -3.09. The van der Waals surface area contributed by atoms with Gasteiger partial charge in [-0.05, 0) is 35.7 Å². The monoisotopic (exact) mass is 356 g/mol. The Morgan fingerprint density at radius 1 is 0.923 bits per heavy atom. The molecule has 1 aromatic heterocycles. The molecule has 0 unspecified atom stereocenters.